The number of aliphatic hydroxyl groups is 1. The summed E-state index contributed by atoms with van der Waals surface area (Å²) >= 11 is 0. The van der Waals surface area contributed by atoms with Crippen LogP contribution in [0.2, 0.25) is 0 Å². The van der Waals surface area contributed by atoms with Crippen LogP contribution in [0.5, 0.6) is 0 Å². The lowest BCUT2D eigenvalue weighted by Gasteiger charge is -2.37. The van der Waals surface area contributed by atoms with Crippen molar-refractivity contribution in [1.82, 2.24) is 10.2 Å². The predicted molar refractivity (Wildman–Crippen MR) is 73.1 cm³/mol. The Bertz CT molecular complexity index is 228. The fourth-order valence-electron chi connectivity index (χ4n) is 2.96. The molecule has 0 amide bonds. The molecule has 0 saturated heterocycles. The molecule has 4 atom stereocenters. The van der Waals surface area contributed by atoms with E-state index in [-0.39, 0.29) is 0 Å². The summed E-state index contributed by atoms with van der Waals surface area (Å²) in [5.74, 6) is 1.53. The lowest BCUT2D eigenvalue weighted by Crippen LogP contribution is -2.51. The summed E-state index contributed by atoms with van der Waals surface area (Å²) in [6.45, 7) is 7.99. The smallest absolute Gasteiger partial charge is 0.0869 e. The molecule has 17 heavy (non-hydrogen) atoms. The number of likely N-dealkylation sites (N-methyl/N-ethyl adjacent to an activating group) is 1. The van der Waals surface area contributed by atoms with Gasteiger partial charge in [-0.2, -0.15) is 0 Å². The first-order valence-electron chi connectivity index (χ1n) is 6.92. The van der Waals surface area contributed by atoms with Gasteiger partial charge in [-0.05, 0) is 39.3 Å². The Morgan fingerprint density at radius 3 is 2.53 bits per heavy atom. The van der Waals surface area contributed by atoms with Crippen LogP contribution in [0, 0.1) is 11.8 Å². The highest BCUT2D eigenvalue weighted by Crippen LogP contribution is 2.29. The van der Waals surface area contributed by atoms with E-state index in [2.05, 4.69) is 19.2 Å². The molecule has 0 spiro atoms. The van der Waals surface area contributed by atoms with Crippen LogP contribution < -0.4 is 5.32 Å². The van der Waals surface area contributed by atoms with Crippen LogP contribution in [0.3, 0.4) is 0 Å². The number of nitrogens with one attached hydrogen (secondary N) is 1. The molecule has 3 heteroatoms. The molecule has 0 heterocycles. The molecular formula is C14H30N2O. The molecule has 0 aromatic heterocycles. The van der Waals surface area contributed by atoms with Crippen LogP contribution in [0.4, 0.5) is 0 Å². The largest absolute Gasteiger partial charge is 0.388 e. The molecule has 2 N–H and O–H groups in total. The predicted octanol–water partition coefficient (Wildman–Crippen LogP) is 1.71. The Hall–Kier alpha value is -0.120. The quantitative estimate of drug-likeness (QED) is 0.770. The lowest BCUT2D eigenvalue weighted by molar-refractivity contribution is 0.0264. The van der Waals surface area contributed by atoms with Crippen LogP contribution in [0.15, 0.2) is 0 Å². The zero-order valence-electron chi connectivity index (χ0n) is 12.2. The van der Waals surface area contributed by atoms with Gasteiger partial charge in [0.25, 0.3) is 0 Å². The van der Waals surface area contributed by atoms with E-state index < -0.39 is 5.60 Å². The first-order chi connectivity index (χ1) is 7.82. The molecule has 3 nitrogen and oxygen atoms in total. The molecule has 0 bridgehead atoms. The van der Waals surface area contributed by atoms with Gasteiger partial charge in [0.15, 0.2) is 0 Å². The molecule has 0 unspecified atom stereocenters. The minimum Gasteiger partial charge on any atom is -0.388 e. The Kier molecular flexibility index (Phi) is 5.42. The van der Waals surface area contributed by atoms with Gasteiger partial charge in [0.1, 0.15) is 0 Å². The van der Waals surface area contributed by atoms with Crippen molar-refractivity contribution in [1.29, 1.82) is 0 Å². The van der Waals surface area contributed by atoms with Crippen molar-refractivity contribution in [2.24, 2.45) is 11.8 Å². The molecule has 0 radical (unpaired) electrons. The number of nitrogens with zero attached hydrogens (tertiary/aromatic N) is 1. The van der Waals surface area contributed by atoms with E-state index in [1.54, 1.807) is 0 Å². The molecule has 0 aliphatic heterocycles. The molecule has 1 aliphatic carbocycles. The third-order valence-corrected chi connectivity index (χ3v) is 4.11. The lowest BCUT2D eigenvalue weighted by atomic mass is 9.78. The molecule has 1 fully saturated rings. The van der Waals surface area contributed by atoms with Crippen LogP contribution >= 0.6 is 0 Å². The summed E-state index contributed by atoms with van der Waals surface area (Å²) < 4.78 is 0. The Morgan fingerprint density at radius 2 is 1.94 bits per heavy atom. The van der Waals surface area contributed by atoms with Crippen LogP contribution in [0.25, 0.3) is 0 Å². The van der Waals surface area contributed by atoms with E-state index in [1.807, 2.05) is 25.9 Å². The van der Waals surface area contributed by atoms with Crippen molar-refractivity contribution in [2.45, 2.75) is 51.7 Å². The van der Waals surface area contributed by atoms with Crippen molar-refractivity contribution in [3.8, 4) is 0 Å². The molecule has 102 valence electrons. The first kappa shape index (κ1) is 14.9. The molecule has 1 saturated carbocycles. The van der Waals surface area contributed by atoms with Crippen molar-refractivity contribution >= 4 is 0 Å². The van der Waals surface area contributed by atoms with E-state index in [0.29, 0.717) is 19.1 Å². The first-order valence-corrected chi connectivity index (χ1v) is 6.92. The Morgan fingerprint density at radius 1 is 1.29 bits per heavy atom. The maximum Gasteiger partial charge on any atom is 0.0869 e. The van der Waals surface area contributed by atoms with Crippen molar-refractivity contribution in [3.05, 3.63) is 0 Å². The monoisotopic (exact) mass is 242 g/mol. The molecule has 1 rings (SSSR count). The highest BCUT2D eigenvalue weighted by Gasteiger charge is 2.29. The fraction of sp³-hybridized carbons (Fsp3) is 1.00. The van der Waals surface area contributed by atoms with E-state index >= 15 is 0 Å². The van der Waals surface area contributed by atoms with Gasteiger partial charge in [0.2, 0.25) is 0 Å². The summed E-state index contributed by atoms with van der Waals surface area (Å²) in [6.07, 6.45) is 3.93. The van der Waals surface area contributed by atoms with Gasteiger partial charge in [-0.3, -0.25) is 0 Å². The van der Waals surface area contributed by atoms with Crippen molar-refractivity contribution in [2.75, 3.05) is 27.2 Å². The normalized spacial score (nSPS) is 33.7. The second-order valence-corrected chi connectivity index (χ2v) is 6.49. The Labute approximate surface area is 107 Å². The second-order valence-electron chi connectivity index (χ2n) is 6.49. The summed E-state index contributed by atoms with van der Waals surface area (Å²) in [5, 5.41) is 13.8. The second kappa shape index (κ2) is 6.17. The van der Waals surface area contributed by atoms with Gasteiger partial charge < -0.3 is 15.3 Å². The van der Waals surface area contributed by atoms with E-state index in [9.17, 15) is 5.11 Å². The summed E-state index contributed by atoms with van der Waals surface area (Å²) in [7, 11) is 4.00. The van der Waals surface area contributed by atoms with Gasteiger partial charge in [-0.1, -0.05) is 26.7 Å². The molecular weight excluding hydrogens is 212 g/mol. The van der Waals surface area contributed by atoms with Gasteiger partial charge in [0.05, 0.1) is 5.60 Å². The van der Waals surface area contributed by atoms with E-state index in [0.717, 1.165) is 11.8 Å². The molecule has 0 aromatic rings. The van der Waals surface area contributed by atoms with Gasteiger partial charge in [-0.15, -0.1) is 0 Å². The van der Waals surface area contributed by atoms with Gasteiger partial charge >= 0.3 is 0 Å². The third-order valence-electron chi connectivity index (χ3n) is 4.11. The maximum absolute atomic E-state index is 10.3. The van der Waals surface area contributed by atoms with Crippen LogP contribution in [-0.4, -0.2) is 48.8 Å². The van der Waals surface area contributed by atoms with Crippen LogP contribution in [-0.2, 0) is 0 Å². The van der Waals surface area contributed by atoms with Crippen LogP contribution in [0.1, 0.15) is 40.0 Å². The number of rotatable bonds is 5. The number of hydrogen-bond donors (Lipinski definition) is 2. The average Bonchev–Trinajstić information content (AvgIpc) is 2.18. The maximum atomic E-state index is 10.3. The zero-order chi connectivity index (χ0) is 13.1. The third kappa shape index (κ3) is 4.94. The average molecular weight is 242 g/mol. The SMILES string of the molecule is C[C@@H]1[C@H](C)CCC[C@@H]1NC[C@](C)(O)CN(C)C. The molecule has 0 aromatic carbocycles. The van der Waals surface area contributed by atoms with Crippen molar-refractivity contribution < 1.29 is 5.11 Å². The van der Waals surface area contributed by atoms with Gasteiger partial charge in [-0.25, -0.2) is 0 Å². The van der Waals surface area contributed by atoms with Gasteiger partial charge in [0, 0.05) is 19.1 Å². The Balaban J connectivity index is 2.38. The highest BCUT2D eigenvalue weighted by atomic mass is 16.3. The minimum absolute atomic E-state index is 0.576. The zero-order valence-corrected chi connectivity index (χ0v) is 12.2. The fourth-order valence-corrected chi connectivity index (χ4v) is 2.96. The standard InChI is InChI=1S/C14H30N2O/c1-11-7-6-8-13(12(11)2)15-9-14(3,17)10-16(4)5/h11-13,15,17H,6-10H2,1-5H3/t11-,12-,13+,14+/m1/s1. The highest BCUT2D eigenvalue weighted by molar-refractivity contribution is 4.86. The molecule has 1 aliphatic rings. The summed E-state index contributed by atoms with van der Waals surface area (Å²) in [4.78, 5) is 2.04. The number of hydrogen-bond acceptors (Lipinski definition) is 3. The topological polar surface area (TPSA) is 35.5 Å². The van der Waals surface area contributed by atoms with E-state index in [4.69, 9.17) is 0 Å². The minimum atomic E-state index is -0.635. The summed E-state index contributed by atoms with van der Waals surface area (Å²) in [5.41, 5.74) is -0.635. The van der Waals surface area contributed by atoms with E-state index in [1.165, 1.54) is 19.3 Å². The van der Waals surface area contributed by atoms with Crippen molar-refractivity contribution in [3.63, 3.8) is 0 Å². The summed E-state index contributed by atoms with van der Waals surface area (Å²) in [6, 6.07) is 0.576.